The standard InChI is InChI=1S/C18H24ClNO4/c1-3-15(24-16-8-6-5-7-14(16)19)17(21)20-11-9-13(10-12-20)18(22)23-4-2/h5-8,13,15H,3-4,9-12H2,1-2H3/t15-/m0/s1. The van der Waals surface area contributed by atoms with Crippen LogP contribution in [0.5, 0.6) is 5.75 Å². The number of carbonyl (C=O) groups is 2. The zero-order chi connectivity index (χ0) is 17.5. The van der Waals surface area contributed by atoms with Crippen LogP contribution in [0.1, 0.15) is 33.1 Å². The van der Waals surface area contributed by atoms with Crippen molar-refractivity contribution >= 4 is 23.5 Å². The number of likely N-dealkylation sites (tertiary alicyclic amines) is 1. The monoisotopic (exact) mass is 353 g/mol. The second-order valence-electron chi connectivity index (χ2n) is 5.80. The number of carbonyl (C=O) groups excluding carboxylic acids is 2. The zero-order valence-corrected chi connectivity index (χ0v) is 14.9. The summed E-state index contributed by atoms with van der Waals surface area (Å²) < 4.78 is 10.9. The van der Waals surface area contributed by atoms with E-state index in [0.29, 0.717) is 49.7 Å². The maximum absolute atomic E-state index is 12.7. The first-order valence-corrected chi connectivity index (χ1v) is 8.81. The van der Waals surface area contributed by atoms with Gasteiger partial charge < -0.3 is 14.4 Å². The van der Waals surface area contributed by atoms with Gasteiger partial charge in [0.05, 0.1) is 17.5 Å². The van der Waals surface area contributed by atoms with E-state index in [0.717, 1.165) is 0 Å². The largest absolute Gasteiger partial charge is 0.479 e. The summed E-state index contributed by atoms with van der Waals surface area (Å²) in [5.74, 6) is 0.183. The van der Waals surface area contributed by atoms with Crippen molar-refractivity contribution in [2.75, 3.05) is 19.7 Å². The van der Waals surface area contributed by atoms with E-state index >= 15 is 0 Å². The Morgan fingerprint density at radius 3 is 2.50 bits per heavy atom. The van der Waals surface area contributed by atoms with Crippen LogP contribution >= 0.6 is 11.6 Å². The molecule has 24 heavy (non-hydrogen) atoms. The summed E-state index contributed by atoms with van der Waals surface area (Å²) in [5, 5.41) is 0.491. The summed E-state index contributed by atoms with van der Waals surface area (Å²) in [6, 6.07) is 7.13. The highest BCUT2D eigenvalue weighted by atomic mass is 35.5. The van der Waals surface area contributed by atoms with E-state index in [2.05, 4.69) is 0 Å². The number of esters is 1. The van der Waals surface area contributed by atoms with E-state index in [1.54, 1.807) is 24.0 Å². The molecule has 0 aromatic heterocycles. The average Bonchev–Trinajstić information content (AvgIpc) is 2.61. The molecular formula is C18H24ClNO4. The first-order valence-electron chi connectivity index (χ1n) is 8.43. The molecule has 0 N–H and O–H groups in total. The van der Waals surface area contributed by atoms with Gasteiger partial charge in [-0.25, -0.2) is 0 Å². The molecule has 132 valence electrons. The van der Waals surface area contributed by atoms with Gasteiger partial charge in [0.25, 0.3) is 5.91 Å². The average molecular weight is 354 g/mol. The van der Waals surface area contributed by atoms with Crippen molar-refractivity contribution in [2.45, 2.75) is 39.2 Å². The van der Waals surface area contributed by atoms with Gasteiger partial charge in [-0.15, -0.1) is 0 Å². The van der Waals surface area contributed by atoms with Gasteiger partial charge in [0.15, 0.2) is 6.10 Å². The van der Waals surface area contributed by atoms with Crippen molar-refractivity contribution < 1.29 is 19.1 Å². The van der Waals surface area contributed by atoms with Crippen LogP contribution in [-0.2, 0) is 14.3 Å². The highest BCUT2D eigenvalue weighted by Crippen LogP contribution is 2.26. The Morgan fingerprint density at radius 1 is 1.25 bits per heavy atom. The Hall–Kier alpha value is -1.75. The Labute approximate surface area is 147 Å². The minimum absolute atomic E-state index is 0.0558. The molecule has 0 unspecified atom stereocenters. The number of rotatable bonds is 6. The molecule has 1 aromatic carbocycles. The predicted octanol–water partition coefficient (Wildman–Crippen LogP) is 3.30. The van der Waals surface area contributed by atoms with Crippen LogP contribution < -0.4 is 4.74 Å². The fraction of sp³-hybridized carbons (Fsp3) is 0.556. The second-order valence-corrected chi connectivity index (χ2v) is 6.20. The number of para-hydroxylation sites is 1. The topological polar surface area (TPSA) is 55.8 Å². The Morgan fingerprint density at radius 2 is 1.92 bits per heavy atom. The van der Waals surface area contributed by atoms with E-state index in [4.69, 9.17) is 21.1 Å². The van der Waals surface area contributed by atoms with E-state index in [1.165, 1.54) is 0 Å². The lowest BCUT2D eigenvalue weighted by Crippen LogP contribution is -2.46. The number of hydrogen-bond acceptors (Lipinski definition) is 4. The number of hydrogen-bond donors (Lipinski definition) is 0. The number of piperidine rings is 1. The highest BCUT2D eigenvalue weighted by Gasteiger charge is 2.31. The third kappa shape index (κ3) is 4.63. The lowest BCUT2D eigenvalue weighted by atomic mass is 9.96. The van der Waals surface area contributed by atoms with E-state index in [9.17, 15) is 9.59 Å². The molecule has 1 amide bonds. The lowest BCUT2D eigenvalue weighted by molar-refractivity contribution is -0.152. The van der Waals surface area contributed by atoms with E-state index in [-0.39, 0.29) is 17.8 Å². The van der Waals surface area contributed by atoms with Gasteiger partial charge >= 0.3 is 5.97 Å². The van der Waals surface area contributed by atoms with Gasteiger partial charge in [-0.2, -0.15) is 0 Å². The fourth-order valence-corrected chi connectivity index (χ4v) is 2.98. The SMILES string of the molecule is CCOC(=O)C1CCN(C(=O)[C@H](CC)Oc2ccccc2Cl)CC1. The third-order valence-electron chi connectivity index (χ3n) is 4.18. The first kappa shape index (κ1) is 18.6. The maximum Gasteiger partial charge on any atom is 0.309 e. The Bertz CT molecular complexity index is 570. The summed E-state index contributed by atoms with van der Waals surface area (Å²) in [6.45, 7) is 5.19. The van der Waals surface area contributed by atoms with Crippen molar-refractivity contribution in [3.8, 4) is 5.75 Å². The molecule has 0 saturated carbocycles. The number of amides is 1. The van der Waals surface area contributed by atoms with E-state index < -0.39 is 6.10 Å². The van der Waals surface area contributed by atoms with Crippen LogP contribution in [0.3, 0.4) is 0 Å². The van der Waals surface area contributed by atoms with Gasteiger partial charge in [-0.3, -0.25) is 9.59 Å². The molecule has 0 bridgehead atoms. The van der Waals surface area contributed by atoms with Crippen molar-refractivity contribution in [1.82, 2.24) is 4.90 Å². The second kappa shape index (κ2) is 8.92. The van der Waals surface area contributed by atoms with Gasteiger partial charge in [-0.1, -0.05) is 30.7 Å². The maximum atomic E-state index is 12.7. The number of ether oxygens (including phenoxy) is 2. The van der Waals surface area contributed by atoms with Crippen LogP contribution in [0.15, 0.2) is 24.3 Å². The minimum Gasteiger partial charge on any atom is -0.479 e. The van der Waals surface area contributed by atoms with Crippen LogP contribution in [0, 0.1) is 5.92 Å². The Kier molecular flexibility index (Phi) is 6.91. The zero-order valence-electron chi connectivity index (χ0n) is 14.2. The summed E-state index contributed by atoms with van der Waals surface area (Å²) in [6.07, 6.45) is 1.26. The van der Waals surface area contributed by atoms with Crippen molar-refractivity contribution in [2.24, 2.45) is 5.92 Å². The van der Waals surface area contributed by atoms with Crippen LogP contribution in [0.4, 0.5) is 0 Å². The van der Waals surface area contributed by atoms with Crippen LogP contribution in [0.25, 0.3) is 0 Å². The predicted molar refractivity (Wildman–Crippen MR) is 92.1 cm³/mol. The smallest absolute Gasteiger partial charge is 0.309 e. The molecule has 1 heterocycles. The van der Waals surface area contributed by atoms with Crippen molar-refractivity contribution in [3.63, 3.8) is 0 Å². The summed E-state index contributed by atoms with van der Waals surface area (Å²) in [5.41, 5.74) is 0. The molecule has 2 rings (SSSR count). The highest BCUT2D eigenvalue weighted by molar-refractivity contribution is 6.32. The number of benzene rings is 1. The molecule has 0 spiro atoms. The van der Waals surface area contributed by atoms with Crippen LogP contribution in [0.2, 0.25) is 5.02 Å². The molecule has 1 saturated heterocycles. The Balaban J connectivity index is 1.93. The third-order valence-corrected chi connectivity index (χ3v) is 4.49. The normalized spacial score (nSPS) is 16.5. The number of nitrogens with zero attached hydrogens (tertiary/aromatic N) is 1. The summed E-state index contributed by atoms with van der Waals surface area (Å²) >= 11 is 6.10. The molecule has 0 radical (unpaired) electrons. The van der Waals surface area contributed by atoms with Gasteiger partial charge in [0.2, 0.25) is 0 Å². The number of halogens is 1. The summed E-state index contributed by atoms with van der Waals surface area (Å²) in [4.78, 5) is 26.2. The molecule has 0 aliphatic carbocycles. The molecular weight excluding hydrogens is 330 g/mol. The molecule has 1 aromatic rings. The van der Waals surface area contributed by atoms with Gasteiger partial charge in [0.1, 0.15) is 5.75 Å². The van der Waals surface area contributed by atoms with E-state index in [1.807, 2.05) is 19.1 Å². The fourth-order valence-electron chi connectivity index (χ4n) is 2.80. The van der Waals surface area contributed by atoms with Gasteiger partial charge in [0, 0.05) is 13.1 Å². The lowest BCUT2D eigenvalue weighted by Gasteiger charge is -2.33. The van der Waals surface area contributed by atoms with Crippen LogP contribution in [-0.4, -0.2) is 42.6 Å². The van der Waals surface area contributed by atoms with Crippen molar-refractivity contribution in [3.05, 3.63) is 29.3 Å². The molecule has 1 aliphatic heterocycles. The summed E-state index contributed by atoms with van der Waals surface area (Å²) in [7, 11) is 0. The minimum atomic E-state index is -0.566. The molecule has 1 aliphatic rings. The van der Waals surface area contributed by atoms with Crippen molar-refractivity contribution in [1.29, 1.82) is 0 Å². The molecule has 1 atom stereocenters. The molecule has 6 heteroatoms. The quantitative estimate of drug-likeness (QED) is 0.736. The first-order chi connectivity index (χ1) is 11.6. The van der Waals surface area contributed by atoms with Gasteiger partial charge in [-0.05, 0) is 38.3 Å². The molecule has 1 fully saturated rings. The molecule has 5 nitrogen and oxygen atoms in total.